The first kappa shape index (κ1) is 38.2. The van der Waals surface area contributed by atoms with Crippen LogP contribution in [0.15, 0.2) is 224 Å². The van der Waals surface area contributed by atoms with Gasteiger partial charge < -0.3 is 0 Å². The lowest BCUT2D eigenvalue weighted by molar-refractivity contribution is 0.960. The maximum Gasteiger partial charge on any atom is 0.145 e. The number of aryl methyl sites for hydroxylation is 1. The van der Waals surface area contributed by atoms with Crippen LogP contribution in [-0.4, -0.2) is 9.55 Å². The zero-order valence-corrected chi connectivity index (χ0v) is 36.7. The molecule has 1 heterocycles. The normalized spacial score (nSPS) is 12.8. The van der Waals surface area contributed by atoms with Crippen molar-refractivity contribution in [2.24, 2.45) is 0 Å². The largest absolute Gasteiger partial charge is 0.296 e. The molecular weight excluding hydrogens is 797 g/mol. The molecule has 0 saturated heterocycles. The smallest absolute Gasteiger partial charge is 0.145 e. The second-order valence-electron chi connectivity index (χ2n) is 17.8. The summed E-state index contributed by atoms with van der Waals surface area (Å²) in [7, 11) is 0. The van der Waals surface area contributed by atoms with Crippen molar-refractivity contribution in [3.05, 3.63) is 230 Å². The number of aromatic nitrogens is 2. The Bertz CT molecular complexity index is 3860. The molecule has 2 heteroatoms. The van der Waals surface area contributed by atoms with E-state index in [9.17, 15) is 0 Å². The summed E-state index contributed by atoms with van der Waals surface area (Å²) in [4.78, 5) is 5.18. The molecule has 310 valence electrons. The Morgan fingerprint density at radius 3 is 1.24 bits per heavy atom. The van der Waals surface area contributed by atoms with Gasteiger partial charge in [-0.25, -0.2) is 4.98 Å². The summed E-state index contributed by atoms with van der Waals surface area (Å²) in [5, 5.41) is 12.5. The first-order chi connectivity index (χ1) is 32.7. The van der Waals surface area contributed by atoms with Gasteiger partial charge >= 0.3 is 0 Å². The van der Waals surface area contributed by atoms with Crippen molar-refractivity contribution in [3.63, 3.8) is 0 Å². The molecule has 0 saturated carbocycles. The summed E-state index contributed by atoms with van der Waals surface area (Å²) in [5.74, 6) is 0.982. The van der Waals surface area contributed by atoms with Crippen LogP contribution < -0.4 is 0 Å². The van der Waals surface area contributed by atoms with Crippen LogP contribution in [0, 0.1) is 6.92 Å². The standard InChI is InChI=1S/C64H44N2/c1-41-27-29-42(30-28-41)60-50-17-5-9-21-54(50)62(55-22-10-6-18-51(55)60)47-37-35-46-40-48(38-36-45(46)39-47)63-56-23-11-7-19-52(56)61(53-20-8-12-24-57(53)63)43-31-33-44(34-32-43)64-65-58-25-13-14-26-59(58)66(64)49-15-3-2-4-16-49/h2-3,5-15,17-40H,4,16H2,1H3. The Labute approximate surface area is 384 Å². The van der Waals surface area contributed by atoms with E-state index in [1.807, 2.05) is 0 Å². The van der Waals surface area contributed by atoms with Gasteiger partial charge in [-0.05, 0) is 148 Å². The minimum Gasteiger partial charge on any atom is -0.296 e. The van der Waals surface area contributed by atoms with Crippen LogP contribution in [-0.2, 0) is 0 Å². The number of hydrogen-bond donors (Lipinski definition) is 0. The monoisotopic (exact) mass is 840 g/mol. The highest BCUT2D eigenvalue weighted by Crippen LogP contribution is 2.47. The Kier molecular flexibility index (Phi) is 8.92. The second-order valence-corrected chi connectivity index (χ2v) is 17.8. The lowest BCUT2D eigenvalue weighted by atomic mass is 9.84. The maximum atomic E-state index is 5.18. The third kappa shape index (κ3) is 6.14. The van der Waals surface area contributed by atoms with E-state index in [1.54, 1.807) is 0 Å². The highest BCUT2D eigenvalue weighted by Gasteiger charge is 2.21. The zero-order valence-electron chi connectivity index (χ0n) is 36.7. The van der Waals surface area contributed by atoms with Crippen LogP contribution >= 0.6 is 0 Å². The molecule has 13 rings (SSSR count). The van der Waals surface area contributed by atoms with Crippen LogP contribution in [0.4, 0.5) is 0 Å². The second kappa shape index (κ2) is 15.4. The first-order valence-corrected chi connectivity index (χ1v) is 23.1. The van der Waals surface area contributed by atoms with Crippen LogP contribution in [0.2, 0.25) is 0 Å². The van der Waals surface area contributed by atoms with Crippen LogP contribution in [0.25, 0.3) is 126 Å². The summed E-state index contributed by atoms with van der Waals surface area (Å²) in [5.41, 5.74) is 15.8. The van der Waals surface area contributed by atoms with Crippen molar-refractivity contribution in [2.45, 2.75) is 19.8 Å². The molecule has 0 spiro atoms. The molecule has 0 amide bonds. The summed E-state index contributed by atoms with van der Waals surface area (Å²) in [6.45, 7) is 2.15. The van der Waals surface area contributed by atoms with E-state index in [0.29, 0.717) is 0 Å². The van der Waals surface area contributed by atoms with E-state index in [0.717, 1.165) is 35.3 Å². The Balaban J connectivity index is 0.930. The van der Waals surface area contributed by atoms with Crippen molar-refractivity contribution in [1.29, 1.82) is 0 Å². The van der Waals surface area contributed by atoms with E-state index >= 15 is 0 Å². The van der Waals surface area contributed by atoms with Crippen molar-refractivity contribution < 1.29 is 0 Å². The van der Waals surface area contributed by atoms with Gasteiger partial charge in [-0.3, -0.25) is 4.57 Å². The lowest BCUT2D eigenvalue weighted by Crippen LogP contribution is -2.01. The molecule has 0 aliphatic heterocycles. The highest BCUT2D eigenvalue weighted by atomic mass is 15.1. The Hall–Kier alpha value is -8.33. The van der Waals surface area contributed by atoms with Gasteiger partial charge in [0.05, 0.1) is 11.0 Å². The molecular formula is C64H44N2. The van der Waals surface area contributed by atoms with E-state index < -0.39 is 0 Å². The third-order valence-electron chi connectivity index (χ3n) is 13.9. The van der Waals surface area contributed by atoms with E-state index in [1.165, 1.54) is 110 Å². The molecule has 11 aromatic carbocycles. The van der Waals surface area contributed by atoms with Gasteiger partial charge in [-0.15, -0.1) is 0 Å². The lowest BCUT2D eigenvalue weighted by Gasteiger charge is -2.19. The average Bonchev–Trinajstić information content (AvgIpc) is 3.77. The van der Waals surface area contributed by atoms with E-state index in [-0.39, 0.29) is 0 Å². The Morgan fingerprint density at radius 1 is 0.394 bits per heavy atom. The summed E-state index contributed by atoms with van der Waals surface area (Å²) >= 11 is 0. The van der Waals surface area contributed by atoms with Gasteiger partial charge in [-0.2, -0.15) is 0 Å². The molecule has 66 heavy (non-hydrogen) atoms. The molecule has 0 radical (unpaired) electrons. The number of imidazole rings is 1. The number of benzene rings is 11. The van der Waals surface area contributed by atoms with Crippen molar-refractivity contribution >= 4 is 70.6 Å². The molecule has 1 aromatic heterocycles. The zero-order chi connectivity index (χ0) is 43.7. The predicted octanol–water partition coefficient (Wildman–Crippen LogP) is 17.6. The molecule has 0 unspecified atom stereocenters. The molecule has 0 atom stereocenters. The van der Waals surface area contributed by atoms with E-state index in [2.05, 4.69) is 236 Å². The number of para-hydroxylation sites is 2. The third-order valence-corrected chi connectivity index (χ3v) is 13.9. The van der Waals surface area contributed by atoms with E-state index in [4.69, 9.17) is 4.98 Å². The topological polar surface area (TPSA) is 17.8 Å². The van der Waals surface area contributed by atoms with Crippen molar-refractivity contribution in [2.75, 3.05) is 0 Å². The molecule has 12 aromatic rings. The van der Waals surface area contributed by atoms with Gasteiger partial charge in [0.15, 0.2) is 0 Å². The molecule has 2 nitrogen and oxygen atoms in total. The fourth-order valence-corrected chi connectivity index (χ4v) is 10.9. The number of fused-ring (bicyclic) bond motifs is 6. The minimum absolute atomic E-state index is 0.982. The fourth-order valence-electron chi connectivity index (χ4n) is 10.9. The minimum atomic E-state index is 0.982. The molecule has 0 bridgehead atoms. The number of hydrogen-bond acceptors (Lipinski definition) is 1. The molecule has 0 fully saturated rings. The summed E-state index contributed by atoms with van der Waals surface area (Å²) in [6, 6.07) is 76.4. The fraction of sp³-hybridized carbons (Fsp3) is 0.0469. The molecule has 1 aliphatic rings. The highest BCUT2D eigenvalue weighted by molar-refractivity contribution is 6.23. The number of allylic oxidation sites excluding steroid dienone is 4. The van der Waals surface area contributed by atoms with Gasteiger partial charge in [0.1, 0.15) is 5.82 Å². The van der Waals surface area contributed by atoms with Gasteiger partial charge in [0.2, 0.25) is 0 Å². The maximum absolute atomic E-state index is 5.18. The quantitative estimate of drug-likeness (QED) is 0.153. The van der Waals surface area contributed by atoms with Crippen molar-refractivity contribution in [3.8, 4) is 55.9 Å². The van der Waals surface area contributed by atoms with Gasteiger partial charge in [0, 0.05) is 11.3 Å². The summed E-state index contributed by atoms with van der Waals surface area (Å²) in [6.07, 6.45) is 8.67. The Morgan fingerprint density at radius 2 is 0.788 bits per heavy atom. The van der Waals surface area contributed by atoms with Gasteiger partial charge in [0.25, 0.3) is 0 Å². The average molecular weight is 841 g/mol. The van der Waals surface area contributed by atoms with Gasteiger partial charge in [-0.1, -0.05) is 200 Å². The summed E-state index contributed by atoms with van der Waals surface area (Å²) < 4.78 is 2.35. The first-order valence-electron chi connectivity index (χ1n) is 23.1. The predicted molar refractivity (Wildman–Crippen MR) is 282 cm³/mol. The number of rotatable bonds is 6. The van der Waals surface area contributed by atoms with Crippen LogP contribution in [0.1, 0.15) is 18.4 Å². The molecule has 1 aliphatic carbocycles. The van der Waals surface area contributed by atoms with Crippen LogP contribution in [0.3, 0.4) is 0 Å². The SMILES string of the molecule is Cc1ccc(-c2c3ccccc3c(-c3ccc4cc(-c5c6ccccc6c(-c6ccc(-c7nc8ccccc8n7C7=CC=CCC7)cc6)c6ccccc56)ccc4c3)c3ccccc23)cc1. The van der Waals surface area contributed by atoms with Crippen LogP contribution in [0.5, 0.6) is 0 Å². The molecule has 0 N–H and O–H groups in total. The number of nitrogens with zero attached hydrogens (tertiary/aromatic N) is 2. The van der Waals surface area contributed by atoms with Crippen molar-refractivity contribution in [1.82, 2.24) is 9.55 Å².